The lowest BCUT2D eigenvalue weighted by molar-refractivity contribution is -0.125. The zero-order valence-corrected chi connectivity index (χ0v) is 14.6. The van der Waals surface area contributed by atoms with Crippen LogP contribution in [0.3, 0.4) is 0 Å². The van der Waals surface area contributed by atoms with E-state index in [1.165, 1.54) is 6.08 Å². The van der Waals surface area contributed by atoms with Crippen LogP contribution in [0.1, 0.15) is 17.5 Å². The SMILES string of the molecule is C#CCNC(=O)CN1CCCN(C(=O)C=Cc2cccc(C#N)c2)CC1. The zero-order chi connectivity index (χ0) is 18.8. The first kappa shape index (κ1) is 19.2. The predicted molar refractivity (Wildman–Crippen MR) is 99.7 cm³/mol. The standard InChI is InChI=1S/C20H22N4O2/c1-2-9-22-19(25)16-23-10-4-11-24(13-12-23)20(26)8-7-17-5-3-6-18(14-17)15-21/h1,3,5-8,14H,4,9-13,16H2,(H,22,25). The van der Waals surface area contributed by atoms with Crippen molar-refractivity contribution in [1.82, 2.24) is 15.1 Å². The lowest BCUT2D eigenvalue weighted by atomic mass is 10.1. The monoisotopic (exact) mass is 350 g/mol. The number of amides is 2. The Morgan fingerprint density at radius 2 is 2.12 bits per heavy atom. The molecule has 0 spiro atoms. The van der Waals surface area contributed by atoms with Gasteiger partial charge < -0.3 is 10.2 Å². The normalized spacial score (nSPS) is 15.1. The van der Waals surface area contributed by atoms with Gasteiger partial charge >= 0.3 is 0 Å². The van der Waals surface area contributed by atoms with E-state index in [4.69, 9.17) is 11.7 Å². The molecular formula is C20H22N4O2. The zero-order valence-electron chi connectivity index (χ0n) is 14.6. The van der Waals surface area contributed by atoms with Crippen LogP contribution < -0.4 is 5.32 Å². The predicted octanol–water partition coefficient (Wildman–Crippen LogP) is 0.855. The van der Waals surface area contributed by atoms with Gasteiger partial charge in [0.2, 0.25) is 11.8 Å². The molecule has 1 saturated heterocycles. The molecule has 0 bridgehead atoms. The summed E-state index contributed by atoms with van der Waals surface area (Å²) in [6.07, 6.45) is 9.19. The molecular weight excluding hydrogens is 328 g/mol. The number of benzene rings is 1. The second-order valence-electron chi connectivity index (χ2n) is 6.01. The first-order valence-electron chi connectivity index (χ1n) is 8.52. The van der Waals surface area contributed by atoms with Gasteiger partial charge in [-0.25, -0.2) is 0 Å². The molecule has 1 fully saturated rings. The molecule has 26 heavy (non-hydrogen) atoms. The summed E-state index contributed by atoms with van der Waals surface area (Å²) < 4.78 is 0. The average Bonchev–Trinajstić information content (AvgIpc) is 2.90. The van der Waals surface area contributed by atoms with Crippen LogP contribution in [0.25, 0.3) is 6.08 Å². The largest absolute Gasteiger partial charge is 0.344 e. The Balaban J connectivity index is 1.87. The van der Waals surface area contributed by atoms with Crippen molar-refractivity contribution in [3.8, 4) is 18.4 Å². The summed E-state index contributed by atoms with van der Waals surface area (Å²) in [5, 5.41) is 11.6. The fourth-order valence-corrected chi connectivity index (χ4v) is 2.74. The van der Waals surface area contributed by atoms with E-state index in [-0.39, 0.29) is 18.4 Å². The van der Waals surface area contributed by atoms with Crippen LogP contribution in [-0.2, 0) is 9.59 Å². The number of terminal acetylenes is 1. The highest BCUT2D eigenvalue weighted by molar-refractivity contribution is 5.91. The van der Waals surface area contributed by atoms with Gasteiger partial charge in [0.1, 0.15) is 0 Å². The molecule has 1 aliphatic heterocycles. The van der Waals surface area contributed by atoms with Crippen molar-refractivity contribution in [1.29, 1.82) is 5.26 Å². The number of hydrogen-bond donors (Lipinski definition) is 1. The van der Waals surface area contributed by atoms with Gasteiger partial charge in [-0.3, -0.25) is 14.5 Å². The molecule has 0 saturated carbocycles. The molecule has 0 atom stereocenters. The quantitative estimate of drug-likeness (QED) is 0.631. The van der Waals surface area contributed by atoms with Gasteiger partial charge in [-0.15, -0.1) is 6.42 Å². The van der Waals surface area contributed by atoms with E-state index in [9.17, 15) is 9.59 Å². The molecule has 1 aromatic carbocycles. The Labute approximate surface area is 154 Å². The number of carbonyl (C=O) groups is 2. The highest BCUT2D eigenvalue weighted by atomic mass is 16.2. The van der Waals surface area contributed by atoms with Crippen molar-refractivity contribution in [2.45, 2.75) is 6.42 Å². The highest BCUT2D eigenvalue weighted by Crippen LogP contribution is 2.08. The van der Waals surface area contributed by atoms with Crippen molar-refractivity contribution in [2.24, 2.45) is 0 Å². The number of rotatable bonds is 5. The Kier molecular flexibility index (Phi) is 7.42. The van der Waals surface area contributed by atoms with Crippen LogP contribution in [0.4, 0.5) is 0 Å². The molecule has 1 N–H and O–H groups in total. The molecule has 0 aromatic heterocycles. The van der Waals surface area contributed by atoms with Gasteiger partial charge in [-0.1, -0.05) is 18.1 Å². The molecule has 6 heteroatoms. The second-order valence-corrected chi connectivity index (χ2v) is 6.01. The Morgan fingerprint density at radius 1 is 1.27 bits per heavy atom. The van der Waals surface area contributed by atoms with Crippen LogP contribution in [0, 0.1) is 23.7 Å². The van der Waals surface area contributed by atoms with Crippen LogP contribution in [0.5, 0.6) is 0 Å². The number of nitriles is 1. The molecule has 134 valence electrons. The Hall–Kier alpha value is -3.09. The maximum absolute atomic E-state index is 12.4. The summed E-state index contributed by atoms with van der Waals surface area (Å²) in [5.74, 6) is 2.21. The summed E-state index contributed by atoms with van der Waals surface area (Å²) in [4.78, 5) is 28.0. The van der Waals surface area contributed by atoms with E-state index in [0.29, 0.717) is 31.7 Å². The van der Waals surface area contributed by atoms with Crippen molar-refractivity contribution in [2.75, 3.05) is 39.3 Å². The van der Waals surface area contributed by atoms with Gasteiger partial charge in [0.15, 0.2) is 0 Å². The van der Waals surface area contributed by atoms with Crippen molar-refractivity contribution in [3.05, 3.63) is 41.5 Å². The van der Waals surface area contributed by atoms with E-state index in [2.05, 4.69) is 17.3 Å². The van der Waals surface area contributed by atoms with Crippen LogP contribution >= 0.6 is 0 Å². The Bertz CT molecular complexity index is 758. The number of carbonyl (C=O) groups excluding carboxylic acids is 2. The van der Waals surface area contributed by atoms with Gasteiger partial charge in [0, 0.05) is 32.3 Å². The van der Waals surface area contributed by atoms with Crippen LogP contribution in [-0.4, -0.2) is 60.9 Å². The molecule has 1 heterocycles. The lowest BCUT2D eigenvalue weighted by Gasteiger charge is -2.20. The first-order valence-corrected chi connectivity index (χ1v) is 8.52. The summed E-state index contributed by atoms with van der Waals surface area (Å²) in [5.41, 5.74) is 1.38. The van der Waals surface area contributed by atoms with Gasteiger partial charge in [0.05, 0.1) is 24.7 Å². The van der Waals surface area contributed by atoms with Crippen molar-refractivity contribution in [3.63, 3.8) is 0 Å². The summed E-state index contributed by atoms with van der Waals surface area (Å²) in [6.45, 7) is 3.16. The Morgan fingerprint density at radius 3 is 2.88 bits per heavy atom. The van der Waals surface area contributed by atoms with E-state index < -0.39 is 0 Å². The second kappa shape index (κ2) is 10.0. The average molecular weight is 350 g/mol. The molecule has 2 rings (SSSR count). The highest BCUT2D eigenvalue weighted by Gasteiger charge is 2.19. The van der Waals surface area contributed by atoms with Gasteiger partial charge in [0.25, 0.3) is 0 Å². The molecule has 0 radical (unpaired) electrons. The molecule has 2 amide bonds. The third kappa shape index (κ3) is 6.08. The lowest BCUT2D eigenvalue weighted by Crippen LogP contribution is -2.39. The minimum atomic E-state index is -0.0972. The molecule has 1 aliphatic rings. The minimum absolute atomic E-state index is 0.0639. The van der Waals surface area contributed by atoms with Gasteiger partial charge in [-0.2, -0.15) is 5.26 Å². The third-order valence-corrected chi connectivity index (χ3v) is 4.09. The maximum atomic E-state index is 12.4. The smallest absolute Gasteiger partial charge is 0.246 e. The van der Waals surface area contributed by atoms with Crippen LogP contribution in [0.2, 0.25) is 0 Å². The first-order chi connectivity index (χ1) is 12.6. The van der Waals surface area contributed by atoms with Gasteiger partial charge in [-0.05, 0) is 30.2 Å². The summed E-state index contributed by atoms with van der Waals surface area (Å²) >= 11 is 0. The number of hydrogen-bond acceptors (Lipinski definition) is 4. The molecule has 0 unspecified atom stereocenters. The van der Waals surface area contributed by atoms with Crippen LogP contribution in [0.15, 0.2) is 30.3 Å². The van der Waals surface area contributed by atoms with E-state index in [1.807, 2.05) is 11.0 Å². The number of nitrogens with one attached hydrogen (secondary N) is 1. The fraction of sp³-hybridized carbons (Fsp3) is 0.350. The third-order valence-electron chi connectivity index (χ3n) is 4.09. The molecule has 0 aliphatic carbocycles. The fourth-order valence-electron chi connectivity index (χ4n) is 2.74. The van der Waals surface area contributed by atoms with E-state index in [1.54, 1.807) is 29.2 Å². The van der Waals surface area contributed by atoms with E-state index >= 15 is 0 Å². The van der Waals surface area contributed by atoms with Crippen molar-refractivity contribution >= 4 is 17.9 Å². The topological polar surface area (TPSA) is 76.4 Å². The maximum Gasteiger partial charge on any atom is 0.246 e. The summed E-state index contributed by atoms with van der Waals surface area (Å²) in [7, 11) is 0. The minimum Gasteiger partial charge on any atom is -0.344 e. The molecule has 6 nitrogen and oxygen atoms in total. The van der Waals surface area contributed by atoms with Crippen molar-refractivity contribution < 1.29 is 9.59 Å². The summed E-state index contributed by atoms with van der Waals surface area (Å²) in [6, 6.07) is 9.18. The number of nitrogens with zero attached hydrogens (tertiary/aromatic N) is 3. The molecule has 1 aromatic rings. The van der Waals surface area contributed by atoms with E-state index in [0.717, 1.165) is 18.5 Å².